The molecule has 0 aromatic rings. The van der Waals surface area contributed by atoms with Crippen molar-refractivity contribution < 1.29 is 19.1 Å². The molecular weight excluding hydrogens is 298 g/mol. The van der Waals surface area contributed by atoms with Crippen LogP contribution in [0.3, 0.4) is 0 Å². The summed E-state index contributed by atoms with van der Waals surface area (Å²) in [6, 6.07) is 0. The SMILES string of the molecule is O=C1CC(C(=O)N2CCCOCC2)CN1CCN1CCOCC1. The molecule has 130 valence electrons. The molecule has 0 radical (unpaired) electrons. The molecule has 0 aromatic heterocycles. The Bertz CT molecular complexity index is 418. The Kier molecular flexibility index (Phi) is 5.85. The van der Waals surface area contributed by atoms with E-state index in [0.717, 1.165) is 52.4 Å². The lowest BCUT2D eigenvalue weighted by atomic mass is 10.1. The summed E-state index contributed by atoms with van der Waals surface area (Å²) in [6.45, 7) is 8.27. The molecule has 3 aliphatic rings. The predicted octanol–water partition coefficient (Wildman–Crippen LogP) is -0.584. The highest BCUT2D eigenvalue weighted by Gasteiger charge is 2.36. The number of hydrogen-bond acceptors (Lipinski definition) is 5. The summed E-state index contributed by atoms with van der Waals surface area (Å²) < 4.78 is 10.7. The summed E-state index contributed by atoms with van der Waals surface area (Å²) in [7, 11) is 0. The monoisotopic (exact) mass is 325 g/mol. The number of morpholine rings is 1. The minimum Gasteiger partial charge on any atom is -0.380 e. The van der Waals surface area contributed by atoms with Crippen molar-refractivity contribution in [2.24, 2.45) is 5.92 Å². The van der Waals surface area contributed by atoms with E-state index in [9.17, 15) is 9.59 Å². The highest BCUT2D eigenvalue weighted by Crippen LogP contribution is 2.20. The average Bonchev–Trinajstić information content (AvgIpc) is 2.78. The maximum atomic E-state index is 12.6. The second kappa shape index (κ2) is 8.08. The molecule has 23 heavy (non-hydrogen) atoms. The number of nitrogens with zero attached hydrogens (tertiary/aromatic N) is 3. The molecule has 3 aliphatic heterocycles. The van der Waals surface area contributed by atoms with Gasteiger partial charge in [-0.25, -0.2) is 0 Å². The molecule has 3 heterocycles. The lowest BCUT2D eigenvalue weighted by Gasteiger charge is -2.28. The van der Waals surface area contributed by atoms with Crippen molar-refractivity contribution in [3.8, 4) is 0 Å². The van der Waals surface area contributed by atoms with E-state index >= 15 is 0 Å². The van der Waals surface area contributed by atoms with Crippen molar-refractivity contribution in [1.82, 2.24) is 14.7 Å². The van der Waals surface area contributed by atoms with Crippen LogP contribution in [-0.4, -0.2) is 98.8 Å². The van der Waals surface area contributed by atoms with Crippen LogP contribution in [-0.2, 0) is 19.1 Å². The highest BCUT2D eigenvalue weighted by atomic mass is 16.5. The molecule has 3 fully saturated rings. The molecule has 3 rings (SSSR count). The third kappa shape index (κ3) is 4.43. The number of rotatable bonds is 4. The largest absolute Gasteiger partial charge is 0.380 e. The second-order valence-electron chi connectivity index (χ2n) is 6.49. The van der Waals surface area contributed by atoms with Crippen LogP contribution in [0.15, 0.2) is 0 Å². The van der Waals surface area contributed by atoms with Gasteiger partial charge >= 0.3 is 0 Å². The zero-order valence-electron chi connectivity index (χ0n) is 13.7. The van der Waals surface area contributed by atoms with E-state index in [2.05, 4.69) is 4.90 Å². The van der Waals surface area contributed by atoms with E-state index in [1.807, 2.05) is 9.80 Å². The van der Waals surface area contributed by atoms with Crippen molar-refractivity contribution in [1.29, 1.82) is 0 Å². The third-order valence-electron chi connectivity index (χ3n) is 4.89. The Morgan fingerprint density at radius 2 is 1.74 bits per heavy atom. The van der Waals surface area contributed by atoms with Crippen LogP contribution in [0, 0.1) is 5.92 Å². The lowest BCUT2D eigenvalue weighted by Crippen LogP contribution is -2.42. The molecule has 7 heteroatoms. The summed E-state index contributed by atoms with van der Waals surface area (Å²) in [6.07, 6.45) is 1.24. The molecule has 0 aliphatic carbocycles. The van der Waals surface area contributed by atoms with Crippen LogP contribution in [0.1, 0.15) is 12.8 Å². The van der Waals surface area contributed by atoms with Crippen LogP contribution in [0.4, 0.5) is 0 Å². The molecule has 0 spiro atoms. The van der Waals surface area contributed by atoms with Gasteiger partial charge in [0.2, 0.25) is 11.8 Å². The zero-order valence-corrected chi connectivity index (χ0v) is 13.7. The molecule has 3 saturated heterocycles. The number of amides is 2. The Morgan fingerprint density at radius 3 is 2.57 bits per heavy atom. The summed E-state index contributed by atoms with van der Waals surface area (Å²) >= 11 is 0. The maximum Gasteiger partial charge on any atom is 0.228 e. The highest BCUT2D eigenvalue weighted by molar-refractivity contribution is 5.89. The Morgan fingerprint density at radius 1 is 1.00 bits per heavy atom. The summed E-state index contributed by atoms with van der Waals surface area (Å²) in [5.41, 5.74) is 0. The fraction of sp³-hybridized carbons (Fsp3) is 0.875. The van der Waals surface area contributed by atoms with E-state index in [0.29, 0.717) is 32.7 Å². The van der Waals surface area contributed by atoms with Crippen LogP contribution < -0.4 is 0 Å². The minimum absolute atomic E-state index is 0.114. The van der Waals surface area contributed by atoms with Crippen molar-refractivity contribution in [2.45, 2.75) is 12.8 Å². The summed E-state index contributed by atoms with van der Waals surface area (Å²) in [4.78, 5) is 30.9. The third-order valence-corrected chi connectivity index (χ3v) is 4.89. The maximum absolute atomic E-state index is 12.6. The minimum atomic E-state index is -0.176. The number of ether oxygens (including phenoxy) is 2. The van der Waals surface area contributed by atoms with Crippen LogP contribution >= 0.6 is 0 Å². The van der Waals surface area contributed by atoms with Gasteiger partial charge in [0.15, 0.2) is 0 Å². The van der Waals surface area contributed by atoms with Gasteiger partial charge in [0.25, 0.3) is 0 Å². The van der Waals surface area contributed by atoms with E-state index in [1.165, 1.54) is 0 Å². The summed E-state index contributed by atoms with van der Waals surface area (Å²) in [5, 5.41) is 0. The number of carbonyl (C=O) groups is 2. The standard InChI is InChI=1S/C16H27N3O4/c20-15-12-14(16(21)18-2-1-8-22-11-7-18)13-19(15)4-3-17-5-9-23-10-6-17/h14H,1-13H2. The molecule has 0 aromatic carbocycles. The van der Waals surface area contributed by atoms with E-state index in [1.54, 1.807) is 0 Å². The molecule has 0 bridgehead atoms. The first-order valence-corrected chi connectivity index (χ1v) is 8.68. The quantitative estimate of drug-likeness (QED) is 0.692. The van der Waals surface area contributed by atoms with E-state index < -0.39 is 0 Å². The van der Waals surface area contributed by atoms with Gasteiger partial charge in [-0.1, -0.05) is 0 Å². The molecule has 0 N–H and O–H groups in total. The van der Waals surface area contributed by atoms with Gasteiger partial charge in [0, 0.05) is 58.8 Å². The Labute approximate surface area is 137 Å². The lowest BCUT2D eigenvalue weighted by molar-refractivity contribution is -0.135. The van der Waals surface area contributed by atoms with Gasteiger partial charge in [-0.3, -0.25) is 14.5 Å². The van der Waals surface area contributed by atoms with Crippen molar-refractivity contribution in [3.63, 3.8) is 0 Å². The number of carbonyl (C=O) groups excluding carboxylic acids is 2. The second-order valence-corrected chi connectivity index (χ2v) is 6.49. The fourth-order valence-electron chi connectivity index (χ4n) is 3.47. The van der Waals surface area contributed by atoms with Gasteiger partial charge in [-0.15, -0.1) is 0 Å². The van der Waals surface area contributed by atoms with Crippen LogP contribution in [0.25, 0.3) is 0 Å². The first-order chi connectivity index (χ1) is 11.2. The number of likely N-dealkylation sites (tertiary alicyclic amines) is 1. The number of hydrogen-bond donors (Lipinski definition) is 0. The topological polar surface area (TPSA) is 62.3 Å². The van der Waals surface area contributed by atoms with Gasteiger partial charge in [-0.05, 0) is 6.42 Å². The Balaban J connectivity index is 1.47. The molecule has 0 saturated carbocycles. The average molecular weight is 325 g/mol. The van der Waals surface area contributed by atoms with Crippen LogP contribution in [0.2, 0.25) is 0 Å². The molecule has 7 nitrogen and oxygen atoms in total. The van der Waals surface area contributed by atoms with Gasteiger partial charge in [0.1, 0.15) is 0 Å². The molecule has 1 atom stereocenters. The van der Waals surface area contributed by atoms with E-state index in [-0.39, 0.29) is 17.7 Å². The van der Waals surface area contributed by atoms with Crippen LogP contribution in [0.5, 0.6) is 0 Å². The van der Waals surface area contributed by atoms with Crippen molar-refractivity contribution in [3.05, 3.63) is 0 Å². The fourth-order valence-corrected chi connectivity index (χ4v) is 3.47. The van der Waals surface area contributed by atoms with Crippen molar-refractivity contribution in [2.75, 3.05) is 72.2 Å². The molecule has 1 unspecified atom stereocenters. The van der Waals surface area contributed by atoms with Gasteiger partial charge < -0.3 is 19.3 Å². The summed E-state index contributed by atoms with van der Waals surface area (Å²) in [5.74, 6) is 0.0608. The molecular formula is C16H27N3O4. The van der Waals surface area contributed by atoms with Gasteiger partial charge in [-0.2, -0.15) is 0 Å². The zero-order chi connectivity index (χ0) is 16.1. The smallest absolute Gasteiger partial charge is 0.228 e. The first-order valence-electron chi connectivity index (χ1n) is 8.68. The van der Waals surface area contributed by atoms with Crippen molar-refractivity contribution >= 4 is 11.8 Å². The van der Waals surface area contributed by atoms with E-state index in [4.69, 9.17) is 9.47 Å². The normalized spacial score (nSPS) is 27.3. The first kappa shape index (κ1) is 16.7. The Hall–Kier alpha value is -1.18. The molecule has 2 amide bonds. The van der Waals surface area contributed by atoms with Gasteiger partial charge in [0.05, 0.1) is 25.7 Å². The predicted molar refractivity (Wildman–Crippen MR) is 84.0 cm³/mol.